The molecule has 0 aromatic carbocycles. The molecule has 1 saturated carbocycles. The lowest BCUT2D eigenvalue weighted by atomic mass is 9.81. The van der Waals surface area contributed by atoms with Crippen LogP contribution in [0.2, 0.25) is 0 Å². The summed E-state index contributed by atoms with van der Waals surface area (Å²) in [5.41, 5.74) is 0. The number of hydrogen-bond donors (Lipinski definition) is 2. The van der Waals surface area contributed by atoms with Crippen molar-refractivity contribution in [1.82, 2.24) is 4.98 Å². The Morgan fingerprint density at radius 3 is 2.47 bits per heavy atom. The summed E-state index contributed by atoms with van der Waals surface area (Å²) in [6, 6.07) is 0. The zero-order valence-corrected chi connectivity index (χ0v) is 10.1. The molecule has 17 heavy (non-hydrogen) atoms. The fourth-order valence-corrected chi connectivity index (χ4v) is 2.63. The number of anilines is 1. The van der Waals surface area contributed by atoms with Crippen LogP contribution in [0.3, 0.4) is 0 Å². The number of carbonyl (C=O) groups is 2. The van der Waals surface area contributed by atoms with Gasteiger partial charge in [-0.25, -0.2) is 4.98 Å². The summed E-state index contributed by atoms with van der Waals surface area (Å²) in [7, 11) is 0. The van der Waals surface area contributed by atoms with Crippen molar-refractivity contribution < 1.29 is 14.7 Å². The third-order valence-electron chi connectivity index (χ3n) is 3.11. The normalized spacial score (nSPS) is 24.2. The lowest BCUT2D eigenvalue weighted by Crippen LogP contribution is -2.29. The Hall–Kier alpha value is -1.43. The number of nitrogens with one attached hydrogen (secondary N) is 1. The molecule has 1 amide bonds. The van der Waals surface area contributed by atoms with Crippen molar-refractivity contribution in [2.45, 2.75) is 25.7 Å². The predicted octanol–water partition coefficient (Wildman–Crippen LogP) is 1.97. The SMILES string of the molecule is O=C(O)C1CCC(C(=O)Nc2nccs2)CC1. The topological polar surface area (TPSA) is 79.3 Å². The van der Waals surface area contributed by atoms with Gasteiger partial charge in [-0.3, -0.25) is 9.59 Å². The van der Waals surface area contributed by atoms with Crippen molar-refractivity contribution in [2.75, 3.05) is 5.32 Å². The highest BCUT2D eigenvalue weighted by atomic mass is 32.1. The Bertz CT molecular complexity index is 397. The van der Waals surface area contributed by atoms with Gasteiger partial charge >= 0.3 is 5.97 Å². The lowest BCUT2D eigenvalue weighted by molar-refractivity contribution is -0.143. The van der Waals surface area contributed by atoms with E-state index in [-0.39, 0.29) is 17.7 Å². The number of carboxylic acids is 1. The van der Waals surface area contributed by atoms with E-state index in [0.717, 1.165) is 0 Å². The van der Waals surface area contributed by atoms with E-state index < -0.39 is 5.97 Å². The van der Waals surface area contributed by atoms with Gasteiger partial charge in [-0.2, -0.15) is 0 Å². The van der Waals surface area contributed by atoms with Gasteiger partial charge in [0.2, 0.25) is 5.91 Å². The highest BCUT2D eigenvalue weighted by Crippen LogP contribution is 2.29. The van der Waals surface area contributed by atoms with E-state index in [4.69, 9.17) is 5.11 Å². The van der Waals surface area contributed by atoms with E-state index in [1.165, 1.54) is 11.3 Å². The van der Waals surface area contributed by atoms with E-state index in [1.54, 1.807) is 11.6 Å². The molecule has 0 unspecified atom stereocenters. The first kappa shape index (κ1) is 12.0. The first-order valence-corrected chi connectivity index (χ1v) is 6.48. The van der Waals surface area contributed by atoms with Crippen LogP contribution in [0.5, 0.6) is 0 Å². The molecule has 1 fully saturated rings. The second-order valence-electron chi connectivity index (χ2n) is 4.21. The van der Waals surface area contributed by atoms with Crippen molar-refractivity contribution in [3.8, 4) is 0 Å². The van der Waals surface area contributed by atoms with Gasteiger partial charge in [-0.05, 0) is 25.7 Å². The van der Waals surface area contributed by atoms with Crippen LogP contribution in [0.1, 0.15) is 25.7 Å². The average molecular weight is 254 g/mol. The first-order chi connectivity index (χ1) is 8.16. The van der Waals surface area contributed by atoms with Gasteiger partial charge in [0.05, 0.1) is 5.92 Å². The molecule has 1 heterocycles. The summed E-state index contributed by atoms with van der Waals surface area (Å²) < 4.78 is 0. The second kappa shape index (κ2) is 5.27. The van der Waals surface area contributed by atoms with Gasteiger partial charge in [0.15, 0.2) is 5.13 Å². The number of carboxylic acid groups (broad SMARTS) is 1. The van der Waals surface area contributed by atoms with Crippen LogP contribution in [0.25, 0.3) is 0 Å². The van der Waals surface area contributed by atoms with Crippen LogP contribution < -0.4 is 5.32 Å². The molecule has 1 aromatic rings. The third kappa shape index (κ3) is 3.03. The molecule has 92 valence electrons. The van der Waals surface area contributed by atoms with E-state index in [2.05, 4.69) is 10.3 Å². The minimum absolute atomic E-state index is 0.0382. The molecule has 0 bridgehead atoms. The summed E-state index contributed by atoms with van der Waals surface area (Å²) in [5.74, 6) is -1.14. The molecule has 1 aromatic heterocycles. The average Bonchev–Trinajstić information content (AvgIpc) is 2.82. The molecular formula is C11H14N2O3S. The summed E-state index contributed by atoms with van der Waals surface area (Å²) in [5, 5.41) is 14.0. The van der Waals surface area contributed by atoms with Gasteiger partial charge < -0.3 is 10.4 Å². The Morgan fingerprint density at radius 2 is 1.94 bits per heavy atom. The fraction of sp³-hybridized carbons (Fsp3) is 0.545. The minimum atomic E-state index is -0.746. The minimum Gasteiger partial charge on any atom is -0.481 e. The predicted molar refractivity (Wildman–Crippen MR) is 63.8 cm³/mol. The highest BCUT2D eigenvalue weighted by Gasteiger charge is 2.29. The first-order valence-electron chi connectivity index (χ1n) is 5.60. The molecule has 2 N–H and O–H groups in total. The lowest BCUT2D eigenvalue weighted by Gasteiger charge is -2.24. The Kier molecular flexibility index (Phi) is 3.73. The smallest absolute Gasteiger partial charge is 0.306 e. The zero-order chi connectivity index (χ0) is 12.3. The summed E-state index contributed by atoms with van der Waals surface area (Å²) in [6.45, 7) is 0. The van der Waals surface area contributed by atoms with Gasteiger partial charge in [-0.1, -0.05) is 0 Å². The Morgan fingerprint density at radius 1 is 1.29 bits per heavy atom. The van der Waals surface area contributed by atoms with Crippen molar-refractivity contribution in [3.05, 3.63) is 11.6 Å². The van der Waals surface area contributed by atoms with Gasteiger partial charge in [0.1, 0.15) is 0 Å². The van der Waals surface area contributed by atoms with E-state index in [9.17, 15) is 9.59 Å². The number of rotatable bonds is 3. The number of aliphatic carboxylic acids is 1. The van der Waals surface area contributed by atoms with Crippen LogP contribution in [0.4, 0.5) is 5.13 Å². The summed E-state index contributed by atoms with van der Waals surface area (Å²) >= 11 is 1.38. The number of nitrogens with zero attached hydrogens (tertiary/aromatic N) is 1. The van der Waals surface area contributed by atoms with Crippen LogP contribution in [0, 0.1) is 11.8 Å². The molecule has 0 aliphatic heterocycles. The third-order valence-corrected chi connectivity index (χ3v) is 3.80. The fourth-order valence-electron chi connectivity index (χ4n) is 2.10. The summed E-state index contributed by atoms with van der Waals surface area (Å²) in [4.78, 5) is 26.6. The van der Waals surface area contributed by atoms with Crippen molar-refractivity contribution in [3.63, 3.8) is 0 Å². The number of amides is 1. The Balaban J connectivity index is 1.84. The van der Waals surface area contributed by atoms with Crippen LogP contribution in [0.15, 0.2) is 11.6 Å². The highest BCUT2D eigenvalue weighted by molar-refractivity contribution is 7.13. The molecule has 0 saturated heterocycles. The summed E-state index contributed by atoms with van der Waals surface area (Å²) in [6.07, 6.45) is 4.11. The van der Waals surface area contributed by atoms with E-state index in [1.807, 2.05) is 0 Å². The quantitative estimate of drug-likeness (QED) is 0.864. The van der Waals surface area contributed by atoms with Crippen LogP contribution in [-0.2, 0) is 9.59 Å². The number of hydrogen-bond acceptors (Lipinski definition) is 4. The standard InChI is InChI=1S/C11H14N2O3S/c14-9(13-11-12-5-6-17-11)7-1-3-8(4-2-7)10(15)16/h5-8H,1-4H2,(H,15,16)(H,12,13,14). The maximum absolute atomic E-state index is 11.9. The van der Waals surface area contributed by atoms with Crippen LogP contribution >= 0.6 is 11.3 Å². The number of aromatic nitrogens is 1. The molecule has 1 aliphatic rings. The molecule has 6 heteroatoms. The van der Waals surface area contributed by atoms with Crippen molar-refractivity contribution in [1.29, 1.82) is 0 Å². The Labute approximate surface area is 103 Å². The van der Waals surface area contributed by atoms with Crippen LogP contribution in [-0.4, -0.2) is 22.0 Å². The molecular weight excluding hydrogens is 240 g/mol. The maximum Gasteiger partial charge on any atom is 0.306 e. The van der Waals surface area contributed by atoms with Crippen molar-refractivity contribution >= 4 is 28.3 Å². The van der Waals surface area contributed by atoms with Gasteiger partial charge in [-0.15, -0.1) is 11.3 Å². The molecule has 0 radical (unpaired) electrons. The zero-order valence-electron chi connectivity index (χ0n) is 9.26. The second-order valence-corrected chi connectivity index (χ2v) is 5.11. The van der Waals surface area contributed by atoms with Crippen molar-refractivity contribution in [2.24, 2.45) is 11.8 Å². The van der Waals surface area contributed by atoms with E-state index >= 15 is 0 Å². The maximum atomic E-state index is 11.9. The molecule has 5 nitrogen and oxygen atoms in total. The van der Waals surface area contributed by atoms with E-state index in [0.29, 0.717) is 30.8 Å². The number of carbonyl (C=O) groups excluding carboxylic acids is 1. The monoisotopic (exact) mass is 254 g/mol. The number of thiazole rings is 1. The molecule has 0 spiro atoms. The molecule has 1 aliphatic carbocycles. The van der Waals surface area contributed by atoms with Gasteiger partial charge in [0, 0.05) is 17.5 Å². The molecule has 2 rings (SSSR count). The van der Waals surface area contributed by atoms with Gasteiger partial charge in [0.25, 0.3) is 0 Å². The molecule has 0 atom stereocenters. The largest absolute Gasteiger partial charge is 0.481 e.